The number of rotatable bonds is 10. The maximum absolute atomic E-state index is 12.9. The van der Waals surface area contributed by atoms with Crippen molar-refractivity contribution in [3.05, 3.63) is 65.2 Å². The van der Waals surface area contributed by atoms with E-state index in [0.717, 1.165) is 44.4 Å². The Morgan fingerprint density at radius 2 is 2.06 bits per heavy atom. The average molecular weight is 482 g/mol. The summed E-state index contributed by atoms with van der Waals surface area (Å²) in [5.74, 6) is 0.0403. The predicted octanol–water partition coefficient (Wildman–Crippen LogP) is 6.98. The van der Waals surface area contributed by atoms with E-state index in [9.17, 15) is 4.79 Å². The molecule has 0 aliphatic carbocycles. The number of nitrogens with two attached hydrogens (primary N) is 1. The number of aryl methyl sites for hydroxylation is 1. The van der Waals surface area contributed by atoms with Crippen LogP contribution in [-0.4, -0.2) is 35.1 Å². The van der Waals surface area contributed by atoms with Crippen molar-refractivity contribution in [3.63, 3.8) is 0 Å². The zero-order valence-corrected chi connectivity index (χ0v) is 22.8. The minimum atomic E-state index is -0.488. The number of nitrogens with zero attached hydrogens (tertiary/aromatic N) is 2. The third kappa shape index (κ3) is 7.99. The minimum Gasteiger partial charge on any atom is -0.333 e. The smallest absolute Gasteiger partial charge is 0.240 e. The Morgan fingerprint density at radius 1 is 1.32 bits per heavy atom. The first-order valence-corrected chi connectivity index (χ1v) is 13.2. The summed E-state index contributed by atoms with van der Waals surface area (Å²) in [6.45, 7) is 17.0. The predicted molar refractivity (Wildman–Crippen MR) is 150 cm³/mol. The van der Waals surface area contributed by atoms with Crippen LogP contribution in [0.5, 0.6) is 0 Å². The van der Waals surface area contributed by atoms with E-state index in [4.69, 9.17) is 5.73 Å². The molecule has 34 heavy (non-hydrogen) atoms. The van der Waals surface area contributed by atoms with Gasteiger partial charge in [0.05, 0.1) is 12.1 Å². The molecule has 2 atom stereocenters. The number of thioether (sulfide) groups is 1. The van der Waals surface area contributed by atoms with Crippen molar-refractivity contribution in [2.45, 2.75) is 85.7 Å². The molecule has 1 heterocycles. The van der Waals surface area contributed by atoms with Crippen molar-refractivity contribution in [1.29, 1.82) is 0 Å². The van der Waals surface area contributed by atoms with Crippen LogP contribution < -0.4 is 5.73 Å². The Bertz CT molecular complexity index is 935. The molecule has 1 saturated heterocycles. The van der Waals surface area contributed by atoms with Gasteiger partial charge in [0, 0.05) is 23.4 Å². The monoisotopic (exact) mass is 481 g/mol. The fraction of sp³-hybridized carbons (Fsp3) is 0.517. The van der Waals surface area contributed by atoms with E-state index in [1.165, 1.54) is 21.6 Å². The van der Waals surface area contributed by atoms with Gasteiger partial charge in [-0.1, -0.05) is 75.0 Å². The summed E-state index contributed by atoms with van der Waals surface area (Å²) in [6, 6.07) is 8.37. The van der Waals surface area contributed by atoms with Crippen LogP contribution in [0.4, 0.5) is 0 Å². The molecule has 4 nitrogen and oxygen atoms in total. The van der Waals surface area contributed by atoms with Crippen molar-refractivity contribution < 1.29 is 4.79 Å². The highest BCUT2D eigenvalue weighted by Gasteiger charge is 2.37. The van der Waals surface area contributed by atoms with Gasteiger partial charge in [-0.2, -0.15) is 0 Å². The highest BCUT2D eigenvalue weighted by molar-refractivity contribution is 8.10. The molecule has 1 aliphatic rings. The van der Waals surface area contributed by atoms with Crippen LogP contribution in [-0.2, 0) is 11.2 Å². The van der Waals surface area contributed by atoms with Crippen LogP contribution in [0.1, 0.15) is 78.4 Å². The summed E-state index contributed by atoms with van der Waals surface area (Å²) in [6.07, 6.45) is 9.07. The average Bonchev–Trinajstić information content (AvgIpc) is 3.28. The van der Waals surface area contributed by atoms with Gasteiger partial charge >= 0.3 is 0 Å². The highest BCUT2D eigenvalue weighted by atomic mass is 32.2. The molecule has 1 aromatic rings. The molecule has 2 rings (SSSR count). The van der Waals surface area contributed by atoms with Gasteiger partial charge in [0.25, 0.3) is 0 Å². The van der Waals surface area contributed by atoms with Crippen LogP contribution in [0.25, 0.3) is 4.91 Å². The van der Waals surface area contributed by atoms with Crippen molar-refractivity contribution in [2.75, 3.05) is 6.54 Å². The lowest BCUT2D eigenvalue weighted by atomic mass is 9.86. The fourth-order valence-corrected chi connectivity index (χ4v) is 4.86. The number of benzene rings is 1. The Labute approximate surface area is 211 Å². The Kier molecular flexibility index (Phi) is 10.8. The van der Waals surface area contributed by atoms with Crippen LogP contribution in [0.2, 0.25) is 0 Å². The SMILES string of the molecule is C=CSC(=C(C)C)c1cccc(CCC/C=C\N=C(C)C2CCCN2C(=O)C(N)C(C)(C)C)c1. The summed E-state index contributed by atoms with van der Waals surface area (Å²) in [5.41, 5.74) is 10.9. The normalized spacial score (nSPS) is 17.8. The maximum atomic E-state index is 12.9. The van der Waals surface area contributed by atoms with E-state index in [0.29, 0.717) is 0 Å². The molecule has 1 fully saturated rings. The molecule has 0 spiro atoms. The van der Waals surface area contributed by atoms with Crippen molar-refractivity contribution in [3.8, 4) is 0 Å². The van der Waals surface area contributed by atoms with Gasteiger partial charge in [-0.15, -0.1) is 0 Å². The molecule has 186 valence electrons. The first-order chi connectivity index (χ1) is 16.1. The largest absolute Gasteiger partial charge is 0.333 e. The Morgan fingerprint density at radius 3 is 2.71 bits per heavy atom. The summed E-state index contributed by atoms with van der Waals surface area (Å²) < 4.78 is 0. The molecule has 2 unspecified atom stereocenters. The van der Waals surface area contributed by atoms with E-state index in [-0.39, 0.29) is 17.4 Å². The number of hydrogen-bond acceptors (Lipinski definition) is 4. The van der Waals surface area contributed by atoms with Crippen molar-refractivity contribution in [1.82, 2.24) is 4.90 Å². The topological polar surface area (TPSA) is 58.7 Å². The molecular formula is C29H43N3OS. The molecule has 1 amide bonds. The summed E-state index contributed by atoms with van der Waals surface area (Å²) in [4.78, 5) is 20.8. The molecule has 1 aliphatic heterocycles. The summed E-state index contributed by atoms with van der Waals surface area (Å²) in [5, 5.41) is 1.89. The standard InChI is InChI=1S/C29H43N3OS/c1-8-34-26(21(2)3)24-16-12-15-23(20-24)14-10-9-11-18-31-22(4)25-17-13-19-32(25)28(33)27(30)29(5,6)7/h8,11-12,15-16,18,20,25,27H,1,9-10,13-14,17,19,30H2,2-7H3/b18-11-,31-22?. The zero-order chi connectivity index (χ0) is 25.3. The summed E-state index contributed by atoms with van der Waals surface area (Å²) >= 11 is 1.68. The van der Waals surface area contributed by atoms with E-state index in [1.807, 2.05) is 44.2 Å². The second kappa shape index (κ2) is 13.1. The Balaban J connectivity index is 1.90. The number of hydrogen-bond donors (Lipinski definition) is 1. The number of likely N-dealkylation sites (tertiary alicyclic amines) is 1. The van der Waals surface area contributed by atoms with Crippen LogP contribution >= 0.6 is 11.8 Å². The van der Waals surface area contributed by atoms with Gasteiger partial charge in [-0.25, -0.2) is 0 Å². The van der Waals surface area contributed by atoms with E-state index in [2.05, 4.69) is 55.8 Å². The van der Waals surface area contributed by atoms with Crippen LogP contribution in [0, 0.1) is 5.41 Å². The first-order valence-electron chi connectivity index (χ1n) is 12.4. The molecule has 0 aromatic heterocycles. The fourth-order valence-electron chi connectivity index (χ4n) is 4.19. The van der Waals surface area contributed by atoms with Crippen LogP contribution in [0.3, 0.4) is 0 Å². The number of carbonyl (C=O) groups is 1. The number of aliphatic imine (C=N–C) groups is 1. The molecule has 0 bridgehead atoms. The number of unbranched alkanes of at least 4 members (excludes halogenated alkanes) is 1. The quantitative estimate of drug-likeness (QED) is 0.290. The van der Waals surface area contributed by atoms with E-state index >= 15 is 0 Å². The highest BCUT2D eigenvalue weighted by Crippen LogP contribution is 2.32. The minimum absolute atomic E-state index is 0.0403. The van der Waals surface area contributed by atoms with E-state index in [1.54, 1.807) is 11.8 Å². The molecule has 0 saturated carbocycles. The third-order valence-corrected chi connectivity index (χ3v) is 7.33. The lowest BCUT2D eigenvalue weighted by Crippen LogP contribution is -2.53. The number of amides is 1. The number of allylic oxidation sites excluding steroid dienone is 2. The van der Waals surface area contributed by atoms with Gasteiger partial charge < -0.3 is 10.6 Å². The van der Waals surface area contributed by atoms with Gasteiger partial charge in [0.15, 0.2) is 0 Å². The van der Waals surface area contributed by atoms with Crippen molar-refractivity contribution in [2.24, 2.45) is 16.1 Å². The zero-order valence-electron chi connectivity index (χ0n) is 21.9. The third-order valence-electron chi connectivity index (χ3n) is 6.28. The van der Waals surface area contributed by atoms with E-state index < -0.39 is 6.04 Å². The van der Waals surface area contributed by atoms with Crippen LogP contribution in [0.15, 0.2) is 59.1 Å². The summed E-state index contributed by atoms with van der Waals surface area (Å²) in [7, 11) is 0. The van der Waals surface area contributed by atoms with Gasteiger partial charge in [0.2, 0.25) is 5.91 Å². The molecule has 1 aromatic carbocycles. The maximum Gasteiger partial charge on any atom is 0.240 e. The van der Waals surface area contributed by atoms with Gasteiger partial charge in [-0.3, -0.25) is 9.79 Å². The second-order valence-corrected chi connectivity index (χ2v) is 11.4. The molecule has 0 radical (unpaired) electrons. The molecule has 2 N–H and O–H groups in total. The second-order valence-electron chi connectivity index (χ2n) is 10.4. The Hall–Kier alpha value is -2.11. The van der Waals surface area contributed by atoms with Crippen molar-refractivity contribution >= 4 is 28.3 Å². The van der Waals surface area contributed by atoms with Gasteiger partial charge in [0.1, 0.15) is 0 Å². The lowest BCUT2D eigenvalue weighted by molar-refractivity contribution is -0.134. The molecular weight excluding hydrogens is 438 g/mol. The lowest BCUT2D eigenvalue weighted by Gasteiger charge is -2.33. The first kappa shape index (κ1) is 28.1. The molecule has 5 heteroatoms. The number of carbonyl (C=O) groups excluding carboxylic acids is 1. The van der Waals surface area contributed by atoms with Gasteiger partial charge in [-0.05, 0) is 74.8 Å².